The summed E-state index contributed by atoms with van der Waals surface area (Å²) in [5.74, 6) is -0.882. The summed E-state index contributed by atoms with van der Waals surface area (Å²) in [5, 5.41) is 13.6. The molecule has 0 radical (unpaired) electrons. The summed E-state index contributed by atoms with van der Waals surface area (Å²) in [6.45, 7) is -2.35. The van der Waals surface area contributed by atoms with Crippen LogP contribution in [-0.2, 0) is 0 Å². The molecule has 1 aliphatic rings. The molecule has 1 aromatic carbocycles. The molecule has 1 amide bonds. The lowest BCUT2D eigenvalue weighted by Crippen LogP contribution is -2.41. The molecule has 3 aromatic rings. The lowest BCUT2D eigenvalue weighted by Gasteiger charge is -2.29. The van der Waals surface area contributed by atoms with Gasteiger partial charge in [-0.05, 0) is 12.1 Å². The number of fused-ring (bicyclic) bond motifs is 1. The monoisotopic (exact) mass is 423 g/mol. The first-order chi connectivity index (χ1) is 14.4. The SMILES string of the molecule is O=C(O)N1CCC(Oc2ncnc3c2cnn3-c2ccc(OC(F)F)cc2F)CC1. The van der Waals surface area contributed by atoms with Crippen LogP contribution in [0.25, 0.3) is 16.7 Å². The van der Waals surface area contributed by atoms with E-state index >= 15 is 0 Å². The Morgan fingerprint density at radius 1 is 1.23 bits per heavy atom. The fourth-order valence-corrected chi connectivity index (χ4v) is 3.25. The number of piperidine rings is 1. The van der Waals surface area contributed by atoms with E-state index in [2.05, 4.69) is 19.8 Å². The van der Waals surface area contributed by atoms with Crippen molar-refractivity contribution in [1.82, 2.24) is 24.6 Å². The number of halogens is 3. The molecule has 3 heterocycles. The van der Waals surface area contributed by atoms with E-state index in [1.807, 2.05) is 0 Å². The van der Waals surface area contributed by atoms with Crippen LogP contribution in [0.5, 0.6) is 11.6 Å². The first-order valence-electron chi connectivity index (χ1n) is 9.00. The van der Waals surface area contributed by atoms with Gasteiger partial charge in [0.05, 0.1) is 6.20 Å². The van der Waals surface area contributed by atoms with Crippen LogP contribution < -0.4 is 9.47 Å². The molecule has 0 unspecified atom stereocenters. The van der Waals surface area contributed by atoms with Crippen LogP contribution in [0.1, 0.15) is 12.8 Å². The van der Waals surface area contributed by atoms with Crippen molar-refractivity contribution in [2.75, 3.05) is 13.1 Å². The molecular formula is C18H16F3N5O4. The van der Waals surface area contributed by atoms with Crippen LogP contribution >= 0.6 is 0 Å². The molecule has 1 saturated heterocycles. The Morgan fingerprint density at radius 3 is 2.67 bits per heavy atom. The van der Waals surface area contributed by atoms with Gasteiger partial charge >= 0.3 is 12.7 Å². The number of rotatable bonds is 5. The van der Waals surface area contributed by atoms with Gasteiger partial charge in [-0.25, -0.2) is 23.8 Å². The maximum Gasteiger partial charge on any atom is 0.407 e. The summed E-state index contributed by atoms with van der Waals surface area (Å²) in [7, 11) is 0. The van der Waals surface area contributed by atoms with Crippen LogP contribution in [0.4, 0.5) is 18.0 Å². The van der Waals surface area contributed by atoms with Gasteiger partial charge in [0.2, 0.25) is 5.88 Å². The molecule has 0 bridgehead atoms. The van der Waals surface area contributed by atoms with Crippen molar-refractivity contribution in [3.63, 3.8) is 0 Å². The van der Waals surface area contributed by atoms with Gasteiger partial charge in [0.25, 0.3) is 0 Å². The van der Waals surface area contributed by atoms with Crippen molar-refractivity contribution in [3.05, 3.63) is 36.5 Å². The van der Waals surface area contributed by atoms with E-state index in [1.165, 1.54) is 34.2 Å². The molecule has 30 heavy (non-hydrogen) atoms. The minimum Gasteiger partial charge on any atom is -0.474 e. The summed E-state index contributed by atoms with van der Waals surface area (Å²) in [6.07, 6.45) is 2.47. The average molecular weight is 423 g/mol. The van der Waals surface area contributed by atoms with Crippen molar-refractivity contribution in [2.45, 2.75) is 25.6 Å². The third-order valence-electron chi connectivity index (χ3n) is 4.69. The van der Waals surface area contributed by atoms with Crippen molar-refractivity contribution in [3.8, 4) is 17.3 Å². The van der Waals surface area contributed by atoms with Crippen LogP contribution in [0.2, 0.25) is 0 Å². The predicted octanol–water partition coefficient (Wildman–Crippen LogP) is 3.08. The first kappa shape index (κ1) is 19.7. The number of amides is 1. The van der Waals surface area contributed by atoms with Gasteiger partial charge in [-0.2, -0.15) is 13.9 Å². The fraction of sp³-hybridized carbons (Fsp3) is 0.333. The molecule has 1 N–H and O–H groups in total. The molecule has 4 rings (SSSR count). The number of aromatic nitrogens is 4. The lowest BCUT2D eigenvalue weighted by molar-refractivity contribution is -0.0500. The number of alkyl halides is 2. The molecule has 0 saturated carbocycles. The number of nitrogens with zero attached hydrogens (tertiary/aromatic N) is 5. The predicted molar refractivity (Wildman–Crippen MR) is 96.5 cm³/mol. The Kier molecular flexibility index (Phi) is 5.29. The second kappa shape index (κ2) is 8.05. The summed E-state index contributed by atoms with van der Waals surface area (Å²) in [5.41, 5.74) is 0.260. The average Bonchev–Trinajstić information content (AvgIpc) is 3.13. The number of hydrogen-bond donors (Lipinski definition) is 1. The number of benzene rings is 1. The molecular weight excluding hydrogens is 407 g/mol. The Balaban J connectivity index is 1.58. The molecule has 158 valence electrons. The highest BCUT2D eigenvalue weighted by molar-refractivity contribution is 5.81. The molecule has 12 heteroatoms. The lowest BCUT2D eigenvalue weighted by atomic mass is 10.1. The third-order valence-corrected chi connectivity index (χ3v) is 4.69. The first-order valence-corrected chi connectivity index (χ1v) is 9.00. The summed E-state index contributed by atoms with van der Waals surface area (Å²) < 4.78 is 50.4. The highest BCUT2D eigenvalue weighted by Gasteiger charge is 2.25. The second-order valence-corrected chi connectivity index (χ2v) is 6.55. The molecule has 0 atom stereocenters. The van der Waals surface area contributed by atoms with Gasteiger partial charge in [-0.1, -0.05) is 0 Å². The van der Waals surface area contributed by atoms with E-state index in [4.69, 9.17) is 9.84 Å². The zero-order valence-electron chi connectivity index (χ0n) is 15.4. The van der Waals surface area contributed by atoms with Gasteiger partial charge in [0.1, 0.15) is 29.3 Å². The van der Waals surface area contributed by atoms with Crippen molar-refractivity contribution in [1.29, 1.82) is 0 Å². The van der Waals surface area contributed by atoms with Gasteiger partial charge in [-0.15, -0.1) is 0 Å². The minimum absolute atomic E-state index is 0.00830. The van der Waals surface area contributed by atoms with Crippen LogP contribution in [0.15, 0.2) is 30.7 Å². The third kappa shape index (κ3) is 3.93. The largest absolute Gasteiger partial charge is 0.474 e. The van der Waals surface area contributed by atoms with Gasteiger partial charge in [-0.3, -0.25) is 0 Å². The fourth-order valence-electron chi connectivity index (χ4n) is 3.25. The molecule has 0 aliphatic carbocycles. The van der Waals surface area contributed by atoms with Crippen molar-refractivity contribution >= 4 is 17.1 Å². The minimum atomic E-state index is -3.06. The van der Waals surface area contributed by atoms with E-state index in [0.29, 0.717) is 31.3 Å². The normalized spacial score (nSPS) is 15.0. The Labute approximate surface area is 167 Å². The van der Waals surface area contributed by atoms with Crippen molar-refractivity contribution < 1.29 is 32.5 Å². The molecule has 2 aromatic heterocycles. The highest BCUT2D eigenvalue weighted by Crippen LogP contribution is 2.28. The Bertz CT molecular complexity index is 1070. The molecule has 9 nitrogen and oxygen atoms in total. The van der Waals surface area contributed by atoms with Crippen molar-refractivity contribution in [2.24, 2.45) is 0 Å². The van der Waals surface area contributed by atoms with E-state index in [-0.39, 0.29) is 29.1 Å². The maximum atomic E-state index is 14.5. The molecule has 1 fully saturated rings. The molecule has 1 aliphatic heterocycles. The van der Waals surface area contributed by atoms with Crippen LogP contribution in [0, 0.1) is 5.82 Å². The quantitative estimate of drug-likeness (QED) is 0.673. The number of hydrogen-bond acceptors (Lipinski definition) is 6. The Hall–Kier alpha value is -3.57. The van der Waals surface area contributed by atoms with Gasteiger partial charge < -0.3 is 19.5 Å². The summed E-state index contributed by atoms with van der Waals surface area (Å²) in [6, 6.07) is 3.29. The smallest absolute Gasteiger partial charge is 0.407 e. The standard InChI is InChI=1S/C18H16F3N5O4/c19-13-7-11(30-17(20)21)1-2-14(13)26-15-12(8-24-26)16(23-9-22-15)29-10-3-5-25(6-4-10)18(27)28/h1-2,7-10,17H,3-6H2,(H,27,28). The zero-order valence-corrected chi connectivity index (χ0v) is 15.4. The van der Waals surface area contributed by atoms with E-state index in [1.54, 1.807) is 0 Å². The van der Waals surface area contributed by atoms with Crippen LogP contribution in [0.3, 0.4) is 0 Å². The van der Waals surface area contributed by atoms with E-state index < -0.39 is 18.5 Å². The highest BCUT2D eigenvalue weighted by atomic mass is 19.3. The van der Waals surface area contributed by atoms with Gasteiger partial charge in [0, 0.05) is 32.0 Å². The Morgan fingerprint density at radius 2 is 2.00 bits per heavy atom. The number of ether oxygens (including phenoxy) is 2. The zero-order chi connectivity index (χ0) is 21.3. The summed E-state index contributed by atoms with van der Waals surface area (Å²) >= 11 is 0. The number of carboxylic acid groups (broad SMARTS) is 1. The molecule has 0 spiro atoms. The van der Waals surface area contributed by atoms with Crippen LogP contribution in [-0.4, -0.2) is 61.7 Å². The summed E-state index contributed by atoms with van der Waals surface area (Å²) in [4.78, 5) is 20.6. The van der Waals surface area contributed by atoms with Gasteiger partial charge in [0.15, 0.2) is 11.5 Å². The maximum absolute atomic E-state index is 14.5. The second-order valence-electron chi connectivity index (χ2n) is 6.55. The van der Waals surface area contributed by atoms with E-state index in [0.717, 1.165) is 6.07 Å². The number of carbonyl (C=O) groups is 1. The number of likely N-dealkylation sites (tertiary alicyclic amines) is 1. The topological polar surface area (TPSA) is 103 Å². The van der Waals surface area contributed by atoms with E-state index in [9.17, 15) is 18.0 Å².